The molecule has 25 heavy (non-hydrogen) atoms. The molecule has 2 aromatic heterocycles. The Labute approximate surface area is 143 Å². The molecule has 1 aliphatic heterocycles. The van der Waals surface area contributed by atoms with Crippen molar-refractivity contribution in [3.05, 3.63) is 42.0 Å². The summed E-state index contributed by atoms with van der Waals surface area (Å²) in [4.78, 5) is 15.6. The molecule has 0 atom stereocenters. The van der Waals surface area contributed by atoms with Crippen LogP contribution in [0, 0.1) is 0 Å². The molecule has 0 spiro atoms. The van der Waals surface area contributed by atoms with E-state index in [1.807, 2.05) is 20.0 Å². The Balaban J connectivity index is 1.87. The number of carboxylic acids is 1. The van der Waals surface area contributed by atoms with E-state index >= 15 is 0 Å². The van der Waals surface area contributed by atoms with Gasteiger partial charge in [-0.1, -0.05) is 0 Å². The average molecular weight is 339 g/mol. The van der Waals surface area contributed by atoms with Gasteiger partial charge in [-0.05, 0) is 32.0 Å². The SMILES string of the molecule is CC(C)n1ncnc1-n1cc2c(n1)CCOc1ccc(C(=O)O)cc1-2. The molecule has 0 saturated carbocycles. The molecular formula is C17H17N5O3. The number of carbonyl (C=O) groups is 1. The Kier molecular flexibility index (Phi) is 3.52. The highest BCUT2D eigenvalue weighted by Gasteiger charge is 2.22. The lowest BCUT2D eigenvalue weighted by Crippen LogP contribution is -2.11. The van der Waals surface area contributed by atoms with Gasteiger partial charge in [-0.2, -0.15) is 15.2 Å². The number of carboxylic acid groups (broad SMARTS) is 1. The van der Waals surface area contributed by atoms with Gasteiger partial charge >= 0.3 is 5.97 Å². The number of nitrogens with zero attached hydrogens (tertiary/aromatic N) is 5. The molecule has 0 radical (unpaired) electrons. The first-order chi connectivity index (χ1) is 12.0. The fraction of sp³-hybridized carbons (Fsp3) is 0.294. The summed E-state index contributed by atoms with van der Waals surface area (Å²) in [5, 5.41) is 18.2. The largest absolute Gasteiger partial charge is 0.493 e. The lowest BCUT2D eigenvalue weighted by atomic mass is 10.0. The van der Waals surface area contributed by atoms with Crippen molar-refractivity contribution in [3.8, 4) is 22.8 Å². The summed E-state index contributed by atoms with van der Waals surface area (Å²) in [6.45, 7) is 4.53. The summed E-state index contributed by atoms with van der Waals surface area (Å²) in [6.07, 6.45) is 3.99. The van der Waals surface area contributed by atoms with Crippen LogP contribution in [0.3, 0.4) is 0 Å². The second-order valence-electron chi connectivity index (χ2n) is 6.15. The number of fused-ring (bicyclic) bond motifs is 3. The van der Waals surface area contributed by atoms with Gasteiger partial charge in [-0.25, -0.2) is 14.2 Å². The molecule has 1 aliphatic rings. The zero-order valence-electron chi connectivity index (χ0n) is 13.9. The van der Waals surface area contributed by atoms with Crippen molar-refractivity contribution in [3.63, 3.8) is 0 Å². The number of hydrogen-bond acceptors (Lipinski definition) is 5. The third-order valence-electron chi connectivity index (χ3n) is 4.15. The minimum Gasteiger partial charge on any atom is -0.493 e. The van der Waals surface area contributed by atoms with Gasteiger partial charge in [-0.3, -0.25) is 0 Å². The van der Waals surface area contributed by atoms with Crippen molar-refractivity contribution in [1.29, 1.82) is 0 Å². The summed E-state index contributed by atoms with van der Waals surface area (Å²) in [5.74, 6) is 0.314. The van der Waals surface area contributed by atoms with Crippen LogP contribution >= 0.6 is 0 Å². The summed E-state index contributed by atoms with van der Waals surface area (Å²) in [7, 11) is 0. The third-order valence-corrected chi connectivity index (χ3v) is 4.15. The Morgan fingerprint density at radius 3 is 2.92 bits per heavy atom. The molecule has 0 unspecified atom stereocenters. The fourth-order valence-electron chi connectivity index (χ4n) is 2.95. The van der Waals surface area contributed by atoms with Crippen molar-refractivity contribution in [2.24, 2.45) is 0 Å². The zero-order chi connectivity index (χ0) is 17.6. The van der Waals surface area contributed by atoms with Crippen LogP contribution in [-0.2, 0) is 6.42 Å². The lowest BCUT2D eigenvalue weighted by Gasteiger charge is -2.09. The predicted molar refractivity (Wildman–Crippen MR) is 89.1 cm³/mol. The van der Waals surface area contributed by atoms with Gasteiger partial charge in [0.25, 0.3) is 0 Å². The number of rotatable bonds is 3. The van der Waals surface area contributed by atoms with Crippen LogP contribution in [0.2, 0.25) is 0 Å². The van der Waals surface area contributed by atoms with Crippen LogP contribution in [0.5, 0.6) is 5.75 Å². The Hall–Kier alpha value is -3.16. The van der Waals surface area contributed by atoms with Crippen molar-refractivity contribution in [2.75, 3.05) is 6.61 Å². The molecule has 3 heterocycles. The Bertz CT molecular complexity index is 957. The van der Waals surface area contributed by atoms with Crippen LogP contribution < -0.4 is 4.74 Å². The summed E-state index contributed by atoms with van der Waals surface area (Å²) in [5.41, 5.74) is 2.65. The maximum Gasteiger partial charge on any atom is 0.335 e. The first kappa shape index (κ1) is 15.4. The smallest absolute Gasteiger partial charge is 0.335 e. The highest BCUT2D eigenvalue weighted by Crippen LogP contribution is 2.36. The summed E-state index contributed by atoms with van der Waals surface area (Å²) >= 11 is 0. The molecule has 0 saturated heterocycles. The van der Waals surface area contributed by atoms with Gasteiger partial charge in [0.2, 0.25) is 5.95 Å². The Morgan fingerprint density at radius 1 is 1.32 bits per heavy atom. The molecule has 4 rings (SSSR count). The summed E-state index contributed by atoms with van der Waals surface area (Å²) < 4.78 is 9.22. The highest BCUT2D eigenvalue weighted by molar-refractivity contribution is 5.90. The quantitative estimate of drug-likeness (QED) is 0.787. The van der Waals surface area contributed by atoms with Crippen molar-refractivity contribution in [2.45, 2.75) is 26.3 Å². The van der Waals surface area contributed by atoms with Crippen molar-refractivity contribution < 1.29 is 14.6 Å². The topological polar surface area (TPSA) is 95.1 Å². The van der Waals surface area contributed by atoms with Gasteiger partial charge in [0, 0.05) is 23.7 Å². The van der Waals surface area contributed by atoms with Gasteiger partial charge in [0.15, 0.2) is 0 Å². The zero-order valence-corrected chi connectivity index (χ0v) is 13.9. The average Bonchev–Trinajstić information content (AvgIpc) is 3.18. The van der Waals surface area contributed by atoms with E-state index in [1.54, 1.807) is 27.6 Å². The number of aromatic carboxylic acids is 1. The van der Waals surface area contributed by atoms with Crippen LogP contribution in [0.4, 0.5) is 0 Å². The first-order valence-corrected chi connectivity index (χ1v) is 8.03. The van der Waals surface area contributed by atoms with Crippen molar-refractivity contribution in [1.82, 2.24) is 24.5 Å². The second kappa shape index (κ2) is 5.73. The maximum atomic E-state index is 11.3. The van der Waals surface area contributed by atoms with E-state index < -0.39 is 5.97 Å². The predicted octanol–water partition coefficient (Wildman–Crippen LogP) is 2.34. The molecule has 1 N–H and O–H groups in total. The van der Waals surface area contributed by atoms with E-state index in [9.17, 15) is 9.90 Å². The van der Waals surface area contributed by atoms with Gasteiger partial charge in [0.05, 0.1) is 23.9 Å². The lowest BCUT2D eigenvalue weighted by molar-refractivity contribution is 0.0697. The molecule has 128 valence electrons. The number of benzene rings is 1. The molecule has 3 aromatic rings. The molecule has 0 bridgehead atoms. The van der Waals surface area contributed by atoms with Crippen LogP contribution in [-0.4, -0.2) is 42.2 Å². The first-order valence-electron chi connectivity index (χ1n) is 8.03. The van der Waals surface area contributed by atoms with Crippen LogP contribution in [0.1, 0.15) is 35.9 Å². The molecular weight excluding hydrogens is 322 g/mol. The molecule has 0 aliphatic carbocycles. The van der Waals surface area contributed by atoms with E-state index in [1.165, 1.54) is 6.33 Å². The third kappa shape index (κ3) is 2.55. The minimum absolute atomic E-state index is 0.149. The van der Waals surface area contributed by atoms with Gasteiger partial charge in [0.1, 0.15) is 12.1 Å². The molecule has 0 fully saturated rings. The number of ether oxygens (including phenoxy) is 1. The van der Waals surface area contributed by atoms with Crippen molar-refractivity contribution >= 4 is 5.97 Å². The fourth-order valence-corrected chi connectivity index (χ4v) is 2.95. The highest BCUT2D eigenvalue weighted by atomic mass is 16.5. The minimum atomic E-state index is -0.972. The van der Waals surface area contributed by atoms with E-state index in [0.717, 1.165) is 16.8 Å². The van der Waals surface area contributed by atoms with E-state index in [0.29, 0.717) is 24.7 Å². The molecule has 8 nitrogen and oxygen atoms in total. The maximum absolute atomic E-state index is 11.3. The van der Waals surface area contributed by atoms with Crippen LogP contribution in [0.25, 0.3) is 17.1 Å². The molecule has 8 heteroatoms. The standard InChI is InChI=1S/C17H17N5O3/c1-10(2)22-17(18-9-19-22)21-8-13-12-7-11(16(23)24)3-4-15(12)25-6-5-14(13)20-21/h3-4,7-10H,5-6H2,1-2H3,(H,23,24). The van der Waals surface area contributed by atoms with E-state index in [-0.39, 0.29) is 11.6 Å². The monoisotopic (exact) mass is 339 g/mol. The summed E-state index contributed by atoms with van der Waals surface area (Å²) in [6, 6.07) is 5.02. The molecule has 0 amide bonds. The Morgan fingerprint density at radius 2 is 2.16 bits per heavy atom. The van der Waals surface area contributed by atoms with Gasteiger partial charge in [-0.15, -0.1) is 0 Å². The normalized spacial score (nSPS) is 13.1. The number of aromatic nitrogens is 5. The van der Waals surface area contributed by atoms with Gasteiger partial charge < -0.3 is 9.84 Å². The molecule has 1 aromatic carbocycles. The number of hydrogen-bond donors (Lipinski definition) is 1. The van der Waals surface area contributed by atoms with E-state index in [2.05, 4.69) is 15.2 Å². The second-order valence-corrected chi connectivity index (χ2v) is 6.15. The van der Waals surface area contributed by atoms with E-state index in [4.69, 9.17) is 4.74 Å². The van der Waals surface area contributed by atoms with Crippen LogP contribution in [0.15, 0.2) is 30.7 Å².